The van der Waals surface area contributed by atoms with Gasteiger partial charge < -0.3 is 9.47 Å². The van der Waals surface area contributed by atoms with Gasteiger partial charge in [-0.05, 0) is 30.5 Å². The molecular weight excluding hydrogens is 236 g/mol. The molecule has 1 aromatic rings. The van der Waals surface area contributed by atoms with Crippen LogP contribution in [0.25, 0.3) is 0 Å². The van der Waals surface area contributed by atoms with Crippen LogP contribution in [0.15, 0.2) is 24.3 Å². The van der Waals surface area contributed by atoms with Crippen molar-refractivity contribution in [3.8, 4) is 5.75 Å². The molecule has 1 aromatic carbocycles. The summed E-state index contributed by atoms with van der Waals surface area (Å²) in [5.74, 6) is 1.69. The van der Waals surface area contributed by atoms with E-state index in [0.717, 1.165) is 36.6 Å². The highest BCUT2D eigenvalue weighted by Gasteiger charge is 1.97. The third-order valence-electron chi connectivity index (χ3n) is 2.51. The molecule has 0 N–H and O–H groups in total. The van der Waals surface area contributed by atoms with Crippen LogP contribution >= 0.6 is 11.6 Å². The maximum absolute atomic E-state index is 5.68. The second kappa shape index (κ2) is 9.32. The summed E-state index contributed by atoms with van der Waals surface area (Å²) < 4.78 is 10.8. The van der Waals surface area contributed by atoms with Crippen molar-refractivity contribution >= 4 is 11.6 Å². The highest BCUT2D eigenvalue weighted by atomic mass is 35.5. The molecule has 0 saturated carbocycles. The number of rotatable bonds is 9. The minimum atomic E-state index is 0.632. The molecule has 0 fully saturated rings. The van der Waals surface area contributed by atoms with Crippen molar-refractivity contribution in [2.75, 3.05) is 19.6 Å². The number of unbranched alkanes of at least 4 members (excludes halogenated alkanes) is 3. The second-order valence-electron chi connectivity index (χ2n) is 4.03. The third-order valence-corrected chi connectivity index (χ3v) is 2.77. The van der Waals surface area contributed by atoms with Crippen LogP contribution in [0.1, 0.15) is 31.2 Å². The molecule has 96 valence electrons. The molecule has 17 heavy (non-hydrogen) atoms. The number of hydrogen-bond donors (Lipinski definition) is 0. The lowest BCUT2D eigenvalue weighted by atomic mass is 10.2. The number of methoxy groups -OCH3 is 1. The highest BCUT2D eigenvalue weighted by molar-refractivity contribution is 6.17. The first-order valence-corrected chi connectivity index (χ1v) is 6.67. The zero-order valence-electron chi connectivity index (χ0n) is 10.5. The summed E-state index contributed by atoms with van der Waals surface area (Å²) in [6, 6.07) is 8.05. The Labute approximate surface area is 109 Å². The molecule has 2 nitrogen and oxygen atoms in total. The molecule has 1 rings (SSSR count). The maximum Gasteiger partial charge on any atom is 0.119 e. The SMILES string of the molecule is COCc1cccc(OCCCCCCCl)c1. The normalized spacial score (nSPS) is 10.5. The second-order valence-corrected chi connectivity index (χ2v) is 4.41. The van der Waals surface area contributed by atoms with Crippen LogP contribution in [0, 0.1) is 0 Å². The first kappa shape index (κ1) is 14.3. The number of ether oxygens (including phenoxy) is 2. The van der Waals surface area contributed by atoms with E-state index in [1.54, 1.807) is 7.11 Å². The van der Waals surface area contributed by atoms with Crippen molar-refractivity contribution in [3.63, 3.8) is 0 Å². The predicted octanol–water partition coefficient (Wildman–Crippen LogP) is 4.01. The minimum absolute atomic E-state index is 0.632. The first-order valence-electron chi connectivity index (χ1n) is 6.13. The van der Waals surface area contributed by atoms with E-state index < -0.39 is 0 Å². The van der Waals surface area contributed by atoms with Crippen LogP contribution in [0.4, 0.5) is 0 Å². The van der Waals surface area contributed by atoms with Gasteiger partial charge in [0.2, 0.25) is 0 Å². The van der Waals surface area contributed by atoms with E-state index in [1.807, 2.05) is 24.3 Å². The minimum Gasteiger partial charge on any atom is -0.494 e. The monoisotopic (exact) mass is 256 g/mol. The fourth-order valence-corrected chi connectivity index (χ4v) is 1.82. The van der Waals surface area contributed by atoms with Crippen molar-refractivity contribution in [2.45, 2.75) is 32.3 Å². The Hall–Kier alpha value is -0.730. The number of halogens is 1. The summed E-state index contributed by atoms with van der Waals surface area (Å²) in [4.78, 5) is 0. The number of alkyl halides is 1. The van der Waals surface area contributed by atoms with Gasteiger partial charge in [-0.3, -0.25) is 0 Å². The molecule has 3 heteroatoms. The van der Waals surface area contributed by atoms with E-state index in [1.165, 1.54) is 12.8 Å². The van der Waals surface area contributed by atoms with Crippen LogP contribution < -0.4 is 4.74 Å². The molecule has 0 bridgehead atoms. The summed E-state index contributed by atoms with van der Waals surface area (Å²) in [5, 5.41) is 0. The van der Waals surface area contributed by atoms with Gasteiger partial charge in [-0.1, -0.05) is 25.0 Å². The molecule has 0 unspecified atom stereocenters. The predicted molar refractivity (Wildman–Crippen MR) is 71.8 cm³/mol. The van der Waals surface area contributed by atoms with Crippen molar-refractivity contribution in [3.05, 3.63) is 29.8 Å². The Morgan fingerprint density at radius 1 is 1.12 bits per heavy atom. The molecule has 0 spiro atoms. The molecule has 0 aromatic heterocycles. The van der Waals surface area contributed by atoms with E-state index in [-0.39, 0.29) is 0 Å². The quantitative estimate of drug-likeness (QED) is 0.491. The molecule has 0 saturated heterocycles. The van der Waals surface area contributed by atoms with Gasteiger partial charge in [0.25, 0.3) is 0 Å². The van der Waals surface area contributed by atoms with Crippen LogP contribution in [-0.2, 0) is 11.3 Å². The largest absolute Gasteiger partial charge is 0.494 e. The fraction of sp³-hybridized carbons (Fsp3) is 0.571. The van der Waals surface area contributed by atoms with Crippen LogP contribution in [0.2, 0.25) is 0 Å². The summed E-state index contributed by atoms with van der Waals surface area (Å²) in [7, 11) is 1.70. The molecule has 0 aliphatic rings. The summed E-state index contributed by atoms with van der Waals surface area (Å²) in [6.07, 6.45) is 4.57. The Balaban J connectivity index is 2.19. The molecule has 0 aliphatic heterocycles. The van der Waals surface area contributed by atoms with Crippen LogP contribution in [-0.4, -0.2) is 19.6 Å². The van der Waals surface area contributed by atoms with Crippen LogP contribution in [0.5, 0.6) is 5.75 Å². The average Bonchev–Trinajstić information content (AvgIpc) is 2.35. The zero-order chi connectivity index (χ0) is 12.3. The average molecular weight is 257 g/mol. The van der Waals surface area contributed by atoms with Gasteiger partial charge in [-0.25, -0.2) is 0 Å². The molecule has 0 radical (unpaired) electrons. The molecular formula is C14H21ClO2. The summed E-state index contributed by atoms with van der Waals surface area (Å²) in [5.41, 5.74) is 1.15. The molecule has 0 heterocycles. The van der Waals surface area contributed by atoms with Crippen LogP contribution in [0.3, 0.4) is 0 Å². The van der Waals surface area contributed by atoms with Gasteiger partial charge in [0.05, 0.1) is 13.2 Å². The van der Waals surface area contributed by atoms with E-state index >= 15 is 0 Å². The first-order chi connectivity index (χ1) is 8.36. The van der Waals surface area contributed by atoms with E-state index in [0.29, 0.717) is 6.61 Å². The summed E-state index contributed by atoms with van der Waals surface area (Å²) in [6.45, 7) is 1.41. The Kier molecular flexibility index (Phi) is 7.85. The lowest BCUT2D eigenvalue weighted by Gasteiger charge is -2.07. The van der Waals surface area contributed by atoms with Gasteiger partial charge >= 0.3 is 0 Å². The maximum atomic E-state index is 5.68. The third kappa shape index (κ3) is 6.54. The fourth-order valence-electron chi connectivity index (χ4n) is 1.63. The van der Waals surface area contributed by atoms with Gasteiger partial charge in [-0.2, -0.15) is 0 Å². The van der Waals surface area contributed by atoms with E-state index in [9.17, 15) is 0 Å². The molecule has 0 atom stereocenters. The topological polar surface area (TPSA) is 18.5 Å². The summed E-state index contributed by atoms with van der Waals surface area (Å²) >= 11 is 5.61. The van der Waals surface area contributed by atoms with E-state index in [2.05, 4.69) is 0 Å². The highest BCUT2D eigenvalue weighted by Crippen LogP contribution is 2.14. The Morgan fingerprint density at radius 2 is 1.94 bits per heavy atom. The zero-order valence-corrected chi connectivity index (χ0v) is 11.2. The van der Waals surface area contributed by atoms with Crippen molar-refractivity contribution in [1.82, 2.24) is 0 Å². The van der Waals surface area contributed by atoms with Gasteiger partial charge in [-0.15, -0.1) is 11.6 Å². The Bertz CT molecular complexity index is 302. The van der Waals surface area contributed by atoms with Gasteiger partial charge in [0.1, 0.15) is 5.75 Å². The smallest absolute Gasteiger partial charge is 0.119 e. The van der Waals surface area contributed by atoms with Gasteiger partial charge in [0.15, 0.2) is 0 Å². The Morgan fingerprint density at radius 3 is 2.71 bits per heavy atom. The number of benzene rings is 1. The van der Waals surface area contributed by atoms with E-state index in [4.69, 9.17) is 21.1 Å². The lowest BCUT2D eigenvalue weighted by Crippen LogP contribution is -1.98. The molecule has 0 aliphatic carbocycles. The molecule has 0 amide bonds. The number of hydrogen-bond acceptors (Lipinski definition) is 2. The lowest BCUT2D eigenvalue weighted by molar-refractivity contribution is 0.184. The van der Waals surface area contributed by atoms with Crippen molar-refractivity contribution in [2.24, 2.45) is 0 Å². The van der Waals surface area contributed by atoms with Crippen molar-refractivity contribution < 1.29 is 9.47 Å². The van der Waals surface area contributed by atoms with Gasteiger partial charge in [0, 0.05) is 13.0 Å². The van der Waals surface area contributed by atoms with Crippen molar-refractivity contribution in [1.29, 1.82) is 0 Å². The standard InChI is InChI=1S/C14H21ClO2/c1-16-12-13-7-6-8-14(11-13)17-10-5-3-2-4-9-15/h6-8,11H,2-5,9-10,12H2,1H3.